The van der Waals surface area contributed by atoms with Crippen molar-refractivity contribution in [3.63, 3.8) is 0 Å². The zero-order valence-electron chi connectivity index (χ0n) is 16.1. The molecule has 8 heteroatoms. The summed E-state index contributed by atoms with van der Waals surface area (Å²) in [6, 6.07) is 4.68. The average molecular weight is 408 g/mol. The lowest BCUT2D eigenvalue weighted by Gasteiger charge is -2.34. The number of guanidine groups is 1. The van der Waals surface area contributed by atoms with Gasteiger partial charge in [-0.15, -0.1) is 22.7 Å². The van der Waals surface area contributed by atoms with Crippen molar-refractivity contribution in [1.29, 1.82) is 0 Å². The van der Waals surface area contributed by atoms with E-state index in [1.807, 2.05) is 11.3 Å². The molecular formula is C19H29N5OS2. The molecule has 0 saturated carbocycles. The number of thiophene rings is 1. The molecule has 3 heterocycles. The Morgan fingerprint density at radius 2 is 2.15 bits per heavy atom. The highest BCUT2D eigenvalue weighted by molar-refractivity contribution is 7.10. The number of nitrogens with zero attached hydrogens (tertiary/aromatic N) is 3. The van der Waals surface area contributed by atoms with Gasteiger partial charge in [0.15, 0.2) is 5.96 Å². The summed E-state index contributed by atoms with van der Waals surface area (Å²) in [7, 11) is 0. The maximum Gasteiger partial charge on any atom is 0.191 e. The Morgan fingerprint density at radius 1 is 1.30 bits per heavy atom. The molecule has 6 nitrogen and oxygen atoms in total. The minimum absolute atomic E-state index is 0.337. The summed E-state index contributed by atoms with van der Waals surface area (Å²) >= 11 is 3.53. The molecule has 0 spiro atoms. The summed E-state index contributed by atoms with van der Waals surface area (Å²) in [6.07, 6.45) is 0.981. The Hall–Kier alpha value is -1.48. The van der Waals surface area contributed by atoms with E-state index < -0.39 is 0 Å². The molecule has 1 atom stereocenters. The van der Waals surface area contributed by atoms with Crippen molar-refractivity contribution >= 4 is 28.6 Å². The first-order chi connectivity index (χ1) is 13.3. The average Bonchev–Trinajstić information content (AvgIpc) is 3.39. The minimum Gasteiger partial charge on any atom is -0.379 e. The van der Waals surface area contributed by atoms with Crippen molar-refractivity contribution in [3.05, 3.63) is 38.5 Å². The first-order valence-corrected chi connectivity index (χ1v) is 11.4. The van der Waals surface area contributed by atoms with Crippen molar-refractivity contribution in [1.82, 2.24) is 20.5 Å². The Morgan fingerprint density at radius 3 is 2.81 bits per heavy atom. The largest absolute Gasteiger partial charge is 0.379 e. The highest BCUT2D eigenvalue weighted by atomic mass is 32.1. The Labute approximate surface area is 169 Å². The molecule has 1 unspecified atom stereocenters. The van der Waals surface area contributed by atoms with Gasteiger partial charge in [0.2, 0.25) is 0 Å². The topological polar surface area (TPSA) is 61.8 Å². The van der Waals surface area contributed by atoms with E-state index in [1.165, 1.54) is 9.88 Å². The maximum atomic E-state index is 5.53. The number of hydrogen-bond donors (Lipinski definition) is 2. The maximum absolute atomic E-state index is 5.53. The van der Waals surface area contributed by atoms with Crippen LogP contribution in [0.25, 0.3) is 0 Å². The van der Waals surface area contributed by atoms with E-state index in [4.69, 9.17) is 9.73 Å². The minimum atomic E-state index is 0.337. The number of hydrogen-bond acceptors (Lipinski definition) is 6. The number of ether oxygens (including phenoxy) is 1. The molecule has 0 aromatic carbocycles. The van der Waals surface area contributed by atoms with Crippen LogP contribution >= 0.6 is 22.7 Å². The second kappa shape index (κ2) is 10.8. The van der Waals surface area contributed by atoms with Crippen molar-refractivity contribution < 1.29 is 4.74 Å². The third-order valence-electron chi connectivity index (χ3n) is 4.47. The van der Waals surface area contributed by atoms with Crippen LogP contribution in [0, 0.1) is 0 Å². The number of aryl methyl sites for hydroxylation is 1. The molecule has 0 amide bonds. The van der Waals surface area contributed by atoms with Gasteiger partial charge in [-0.1, -0.05) is 13.0 Å². The first-order valence-electron chi connectivity index (χ1n) is 9.60. The molecule has 2 aromatic heterocycles. The molecule has 27 heavy (non-hydrogen) atoms. The zero-order chi connectivity index (χ0) is 18.9. The molecule has 0 aliphatic carbocycles. The van der Waals surface area contributed by atoms with E-state index in [0.717, 1.165) is 57.5 Å². The molecule has 1 fully saturated rings. The monoisotopic (exact) mass is 407 g/mol. The van der Waals surface area contributed by atoms with Crippen LogP contribution in [-0.4, -0.2) is 55.2 Å². The molecule has 2 N–H and O–H groups in total. The van der Waals surface area contributed by atoms with Gasteiger partial charge in [0.05, 0.1) is 36.5 Å². The third-order valence-corrected chi connectivity index (χ3v) is 6.48. The highest BCUT2D eigenvalue weighted by Gasteiger charge is 2.23. The van der Waals surface area contributed by atoms with Crippen molar-refractivity contribution in [2.24, 2.45) is 4.99 Å². The van der Waals surface area contributed by atoms with Crippen LogP contribution in [0.4, 0.5) is 0 Å². The van der Waals surface area contributed by atoms with Crippen LogP contribution < -0.4 is 10.6 Å². The summed E-state index contributed by atoms with van der Waals surface area (Å²) in [6.45, 7) is 10.0. The van der Waals surface area contributed by atoms with Gasteiger partial charge in [0.1, 0.15) is 0 Å². The summed E-state index contributed by atoms with van der Waals surface area (Å²) in [5.74, 6) is 0.846. The fourth-order valence-electron chi connectivity index (χ4n) is 3.06. The van der Waals surface area contributed by atoms with Gasteiger partial charge in [-0.05, 0) is 24.8 Å². The van der Waals surface area contributed by atoms with Crippen molar-refractivity contribution in [3.8, 4) is 0 Å². The third kappa shape index (κ3) is 6.00. The molecule has 1 saturated heterocycles. The summed E-state index contributed by atoms with van der Waals surface area (Å²) in [5, 5.41) is 12.3. The standard InChI is InChI=1S/C19H29N5OS2/c1-3-18-23-15(14-27-18)12-21-19(20-4-2)22-13-16(17-6-5-11-26-17)24-7-9-25-10-8-24/h5-6,11,14,16H,3-4,7-10,12-13H2,1-2H3,(H2,20,21,22). The van der Waals surface area contributed by atoms with E-state index in [0.29, 0.717) is 12.6 Å². The molecule has 1 aliphatic heterocycles. The smallest absolute Gasteiger partial charge is 0.191 e. The van der Waals surface area contributed by atoms with Crippen LogP contribution in [-0.2, 0) is 17.7 Å². The molecule has 148 valence electrons. The van der Waals surface area contributed by atoms with Gasteiger partial charge < -0.3 is 15.4 Å². The van der Waals surface area contributed by atoms with Gasteiger partial charge in [-0.2, -0.15) is 0 Å². The summed E-state index contributed by atoms with van der Waals surface area (Å²) in [4.78, 5) is 13.2. The second-order valence-corrected chi connectivity index (χ2v) is 8.26. The van der Waals surface area contributed by atoms with E-state index in [1.54, 1.807) is 11.3 Å². The van der Waals surface area contributed by atoms with E-state index in [2.05, 4.69) is 57.3 Å². The number of aromatic nitrogens is 1. The Balaban J connectivity index is 1.63. The highest BCUT2D eigenvalue weighted by Crippen LogP contribution is 2.25. The fraction of sp³-hybridized carbons (Fsp3) is 0.579. The van der Waals surface area contributed by atoms with Gasteiger partial charge in [0.25, 0.3) is 0 Å². The van der Waals surface area contributed by atoms with Crippen LogP contribution in [0.2, 0.25) is 0 Å². The molecule has 3 rings (SSSR count). The van der Waals surface area contributed by atoms with E-state index in [9.17, 15) is 0 Å². The quantitative estimate of drug-likeness (QED) is 0.520. The lowest BCUT2D eigenvalue weighted by molar-refractivity contribution is 0.0177. The normalized spacial score (nSPS) is 17.0. The molecule has 1 aliphatic rings. The molecule has 0 radical (unpaired) electrons. The summed E-state index contributed by atoms with van der Waals surface area (Å²) < 4.78 is 5.53. The lowest BCUT2D eigenvalue weighted by Crippen LogP contribution is -2.46. The Kier molecular flexibility index (Phi) is 8.07. The van der Waals surface area contributed by atoms with E-state index >= 15 is 0 Å². The SMILES string of the molecule is CCNC(=NCc1csc(CC)n1)NCC(c1cccs1)N1CCOCC1. The number of rotatable bonds is 8. The van der Waals surface area contributed by atoms with Crippen LogP contribution in [0.15, 0.2) is 27.9 Å². The summed E-state index contributed by atoms with van der Waals surface area (Å²) in [5.41, 5.74) is 1.04. The molecule has 2 aromatic rings. The number of nitrogens with one attached hydrogen (secondary N) is 2. The second-order valence-electron chi connectivity index (χ2n) is 6.34. The van der Waals surface area contributed by atoms with Crippen LogP contribution in [0.1, 0.15) is 35.5 Å². The fourth-order valence-corrected chi connectivity index (χ4v) is 4.66. The molecule has 0 bridgehead atoms. The van der Waals surface area contributed by atoms with Gasteiger partial charge >= 0.3 is 0 Å². The van der Waals surface area contributed by atoms with Crippen LogP contribution in [0.5, 0.6) is 0 Å². The zero-order valence-corrected chi connectivity index (χ0v) is 17.7. The van der Waals surface area contributed by atoms with Gasteiger partial charge in [-0.25, -0.2) is 9.98 Å². The lowest BCUT2D eigenvalue weighted by atomic mass is 10.2. The number of thiazole rings is 1. The predicted molar refractivity (Wildman–Crippen MR) is 114 cm³/mol. The Bertz CT molecular complexity index is 695. The van der Waals surface area contributed by atoms with Crippen molar-refractivity contribution in [2.75, 3.05) is 39.4 Å². The first kappa shape index (κ1) is 20.3. The van der Waals surface area contributed by atoms with Crippen LogP contribution in [0.3, 0.4) is 0 Å². The molecular weight excluding hydrogens is 378 g/mol. The number of morpholine rings is 1. The van der Waals surface area contributed by atoms with Crippen molar-refractivity contribution in [2.45, 2.75) is 32.9 Å². The van der Waals surface area contributed by atoms with Gasteiger partial charge in [-0.3, -0.25) is 4.90 Å². The predicted octanol–water partition coefficient (Wildman–Crippen LogP) is 2.90. The van der Waals surface area contributed by atoms with Gasteiger partial charge in [0, 0.05) is 36.4 Å². The van der Waals surface area contributed by atoms with E-state index in [-0.39, 0.29) is 0 Å². The number of aliphatic imine (C=N–C) groups is 1.